The smallest absolute Gasteiger partial charge is 0.279 e. The average Bonchev–Trinajstić information content (AvgIpc) is 3.04. The van der Waals surface area contributed by atoms with E-state index in [1.54, 1.807) is 7.05 Å². The van der Waals surface area contributed by atoms with Gasteiger partial charge in [-0.3, -0.25) is 10.4 Å². The molecule has 0 amide bonds. The van der Waals surface area contributed by atoms with Crippen molar-refractivity contribution < 1.29 is 9.47 Å². The maximum absolute atomic E-state index is 7.38. The van der Waals surface area contributed by atoms with Gasteiger partial charge in [0.25, 0.3) is 6.02 Å². The third-order valence-electron chi connectivity index (χ3n) is 5.04. The van der Waals surface area contributed by atoms with E-state index in [4.69, 9.17) is 20.6 Å². The van der Waals surface area contributed by atoms with Gasteiger partial charge in [-0.2, -0.15) is 0 Å². The highest BCUT2D eigenvalue weighted by molar-refractivity contribution is 6.09. The van der Waals surface area contributed by atoms with E-state index < -0.39 is 0 Å². The first-order valence-corrected chi connectivity index (χ1v) is 8.50. The Labute approximate surface area is 143 Å². The molecule has 1 aliphatic heterocycles. The monoisotopic (exact) mass is 327 g/mol. The molecule has 1 aliphatic carbocycles. The third-order valence-corrected chi connectivity index (χ3v) is 5.04. The average molecular weight is 327 g/mol. The summed E-state index contributed by atoms with van der Waals surface area (Å²) in [6, 6.07) is 6.08. The summed E-state index contributed by atoms with van der Waals surface area (Å²) in [5.74, 6) is 1.57. The Hall–Kier alpha value is -2.30. The summed E-state index contributed by atoms with van der Waals surface area (Å²) in [5.41, 5.74) is 8.77. The standard InChI is InChI=1S/C19H25N3O2/c1-3-12(10-22-2)13-7-8-18-15(9-13)16(11-23-19(20)21)14-5-4-6-17(14)24-18/h3,7-10,14,16-17H,4-6,11H2,1-2H3,(H3,20,21)/b12-3+,22-10?/t14?,16-,17?/m1/s1. The molecule has 128 valence electrons. The van der Waals surface area contributed by atoms with Gasteiger partial charge >= 0.3 is 0 Å². The van der Waals surface area contributed by atoms with Crippen LogP contribution in [0.25, 0.3) is 5.57 Å². The molecule has 3 rings (SSSR count). The summed E-state index contributed by atoms with van der Waals surface area (Å²) in [6.45, 7) is 2.44. The second-order valence-corrected chi connectivity index (χ2v) is 6.42. The molecule has 3 N–H and O–H groups in total. The van der Waals surface area contributed by atoms with Gasteiger partial charge in [0.1, 0.15) is 11.9 Å². The van der Waals surface area contributed by atoms with Crippen LogP contribution in [0.2, 0.25) is 0 Å². The van der Waals surface area contributed by atoms with Crippen LogP contribution in [0.15, 0.2) is 29.3 Å². The van der Waals surface area contributed by atoms with Crippen molar-refractivity contribution in [3.8, 4) is 5.75 Å². The van der Waals surface area contributed by atoms with Crippen LogP contribution in [0.1, 0.15) is 43.2 Å². The van der Waals surface area contributed by atoms with E-state index in [0.29, 0.717) is 12.5 Å². The molecule has 0 bridgehead atoms. The zero-order chi connectivity index (χ0) is 17.1. The fourth-order valence-corrected chi connectivity index (χ4v) is 3.93. The second-order valence-electron chi connectivity index (χ2n) is 6.42. The molecule has 0 aromatic heterocycles. The number of allylic oxidation sites excluding steroid dienone is 2. The lowest BCUT2D eigenvalue weighted by Gasteiger charge is -2.36. The first-order valence-electron chi connectivity index (χ1n) is 8.50. The van der Waals surface area contributed by atoms with Crippen LogP contribution < -0.4 is 10.5 Å². The normalized spacial score (nSPS) is 25.9. The molecule has 2 unspecified atom stereocenters. The third kappa shape index (κ3) is 3.16. The fraction of sp³-hybridized carbons (Fsp3) is 0.474. The highest BCUT2D eigenvalue weighted by Crippen LogP contribution is 2.47. The maximum Gasteiger partial charge on any atom is 0.279 e. The van der Waals surface area contributed by atoms with E-state index in [0.717, 1.165) is 35.3 Å². The largest absolute Gasteiger partial charge is 0.490 e. The molecule has 0 saturated heterocycles. The van der Waals surface area contributed by atoms with Crippen molar-refractivity contribution in [1.82, 2.24) is 0 Å². The van der Waals surface area contributed by atoms with Crippen molar-refractivity contribution in [2.75, 3.05) is 13.7 Å². The predicted molar refractivity (Wildman–Crippen MR) is 96.9 cm³/mol. The molecule has 1 aromatic carbocycles. The summed E-state index contributed by atoms with van der Waals surface area (Å²) >= 11 is 0. The number of benzene rings is 1. The van der Waals surface area contributed by atoms with Gasteiger partial charge in [0.05, 0.1) is 6.61 Å². The van der Waals surface area contributed by atoms with Gasteiger partial charge in [0.15, 0.2) is 0 Å². The summed E-state index contributed by atoms with van der Waals surface area (Å²) < 4.78 is 11.6. The van der Waals surface area contributed by atoms with Gasteiger partial charge in [0.2, 0.25) is 0 Å². The van der Waals surface area contributed by atoms with E-state index in [1.807, 2.05) is 19.2 Å². The topological polar surface area (TPSA) is 80.7 Å². The Balaban J connectivity index is 1.98. The summed E-state index contributed by atoms with van der Waals surface area (Å²) in [7, 11) is 1.78. The van der Waals surface area contributed by atoms with Crippen molar-refractivity contribution in [2.24, 2.45) is 16.6 Å². The van der Waals surface area contributed by atoms with Crippen LogP contribution >= 0.6 is 0 Å². The van der Waals surface area contributed by atoms with E-state index >= 15 is 0 Å². The molecule has 0 radical (unpaired) electrons. The van der Waals surface area contributed by atoms with E-state index in [2.05, 4.69) is 23.2 Å². The van der Waals surface area contributed by atoms with E-state index in [9.17, 15) is 0 Å². The minimum absolute atomic E-state index is 0.210. The highest BCUT2D eigenvalue weighted by Gasteiger charge is 2.41. The number of hydrogen-bond acceptors (Lipinski definition) is 4. The Kier molecular flexibility index (Phi) is 4.88. The van der Waals surface area contributed by atoms with Crippen molar-refractivity contribution in [3.63, 3.8) is 0 Å². The van der Waals surface area contributed by atoms with E-state index in [1.165, 1.54) is 6.42 Å². The van der Waals surface area contributed by atoms with Crippen molar-refractivity contribution in [1.29, 1.82) is 5.41 Å². The van der Waals surface area contributed by atoms with Crippen LogP contribution in [0.4, 0.5) is 0 Å². The maximum atomic E-state index is 7.38. The summed E-state index contributed by atoms with van der Waals surface area (Å²) in [4.78, 5) is 4.13. The molecule has 1 saturated carbocycles. The van der Waals surface area contributed by atoms with Crippen LogP contribution in [0.3, 0.4) is 0 Å². The summed E-state index contributed by atoms with van der Waals surface area (Å²) in [6.07, 6.45) is 7.57. The molecule has 1 heterocycles. The minimum Gasteiger partial charge on any atom is -0.490 e. The minimum atomic E-state index is -0.221. The van der Waals surface area contributed by atoms with Crippen molar-refractivity contribution in [3.05, 3.63) is 35.4 Å². The molecular weight excluding hydrogens is 302 g/mol. The number of nitrogens with one attached hydrogen (secondary N) is 1. The number of amidine groups is 1. The lowest BCUT2D eigenvalue weighted by molar-refractivity contribution is 0.0939. The van der Waals surface area contributed by atoms with Crippen LogP contribution in [0, 0.1) is 11.3 Å². The molecule has 24 heavy (non-hydrogen) atoms. The lowest BCUT2D eigenvalue weighted by atomic mass is 9.80. The number of aliphatic imine (C=N–C) groups is 1. The zero-order valence-electron chi connectivity index (χ0n) is 14.3. The lowest BCUT2D eigenvalue weighted by Crippen LogP contribution is -2.35. The number of nitrogens with two attached hydrogens (primary N) is 1. The molecule has 5 nitrogen and oxygen atoms in total. The number of hydrogen-bond donors (Lipinski definition) is 2. The molecule has 2 aliphatic rings. The molecule has 0 spiro atoms. The zero-order valence-corrected chi connectivity index (χ0v) is 14.3. The fourth-order valence-electron chi connectivity index (χ4n) is 3.93. The van der Waals surface area contributed by atoms with Gasteiger partial charge in [-0.1, -0.05) is 12.1 Å². The van der Waals surface area contributed by atoms with Crippen molar-refractivity contribution in [2.45, 2.75) is 38.2 Å². The first-order chi connectivity index (χ1) is 11.6. The van der Waals surface area contributed by atoms with Gasteiger partial charge < -0.3 is 15.2 Å². The molecule has 1 aromatic rings. The second kappa shape index (κ2) is 7.07. The van der Waals surface area contributed by atoms with Crippen molar-refractivity contribution >= 4 is 17.8 Å². The number of rotatable bonds is 4. The SMILES string of the molecule is C/C=C(\C=NC)c1ccc2c(c1)[C@H](COC(=N)N)C1CCCC1O2. The van der Waals surface area contributed by atoms with Crippen LogP contribution in [-0.4, -0.2) is 32.0 Å². The number of ether oxygens (including phenoxy) is 2. The molecule has 5 heteroatoms. The number of fused-ring (bicyclic) bond motifs is 2. The Morgan fingerprint density at radius 3 is 3.00 bits per heavy atom. The van der Waals surface area contributed by atoms with Crippen LogP contribution in [-0.2, 0) is 4.74 Å². The van der Waals surface area contributed by atoms with Gasteiger partial charge in [0, 0.05) is 30.7 Å². The van der Waals surface area contributed by atoms with Crippen LogP contribution in [0.5, 0.6) is 5.75 Å². The van der Waals surface area contributed by atoms with Gasteiger partial charge in [-0.15, -0.1) is 0 Å². The van der Waals surface area contributed by atoms with Gasteiger partial charge in [-0.25, -0.2) is 0 Å². The Bertz CT molecular complexity index is 681. The van der Waals surface area contributed by atoms with Gasteiger partial charge in [-0.05, 0) is 49.5 Å². The van der Waals surface area contributed by atoms with E-state index in [-0.39, 0.29) is 18.0 Å². The Morgan fingerprint density at radius 2 is 2.29 bits per heavy atom. The Morgan fingerprint density at radius 1 is 1.46 bits per heavy atom. The number of nitrogens with zero attached hydrogens (tertiary/aromatic N) is 1. The quantitative estimate of drug-likeness (QED) is 0.657. The summed E-state index contributed by atoms with van der Waals surface area (Å²) in [5, 5.41) is 7.38. The predicted octanol–water partition coefficient (Wildman–Crippen LogP) is 3.35. The first kappa shape index (κ1) is 16.6. The molecular formula is C19H25N3O2. The molecule has 3 atom stereocenters. The highest BCUT2D eigenvalue weighted by atomic mass is 16.5. The molecule has 1 fully saturated rings.